The van der Waals surface area contributed by atoms with E-state index in [0.29, 0.717) is 31.7 Å². The van der Waals surface area contributed by atoms with Gasteiger partial charge in [0.15, 0.2) is 0 Å². The molecule has 1 aliphatic heterocycles. The van der Waals surface area contributed by atoms with E-state index in [4.69, 9.17) is 4.74 Å². The van der Waals surface area contributed by atoms with Crippen molar-refractivity contribution in [3.63, 3.8) is 0 Å². The molecule has 0 bridgehead atoms. The van der Waals surface area contributed by atoms with Crippen LogP contribution in [-0.4, -0.2) is 49.6 Å². The van der Waals surface area contributed by atoms with Gasteiger partial charge in [0.2, 0.25) is 5.91 Å². The van der Waals surface area contributed by atoms with Crippen LogP contribution in [0.3, 0.4) is 0 Å². The molecule has 2 aromatic carbocycles. The Labute approximate surface area is 151 Å². The SMILES string of the molecule is COCCN1C[C@@H](NC(=O)c2cccc(-c3ccc(F)cc3)c2)CC1=O. The second kappa shape index (κ2) is 8.10. The van der Waals surface area contributed by atoms with E-state index >= 15 is 0 Å². The van der Waals surface area contributed by atoms with Crippen molar-refractivity contribution in [2.45, 2.75) is 12.5 Å². The van der Waals surface area contributed by atoms with Gasteiger partial charge >= 0.3 is 0 Å². The van der Waals surface area contributed by atoms with Gasteiger partial charge in [0, 0.05) is 32.2 Å². The molecule has 0 saturated carbocycles. The molecule has 1 saturated heterocycles. The van der Waals surface area contributed by atoms with Crippen molar-refractivity contribution in [2.75, 3.05) is 26.8 Å². The number of methoxy groups -OCH3 is 1. The lowest BCUT2D eigenvalue weighted by Crippen LogP contribution is -2.37. The predicted octanol–water partition coefficient (Wildman–Crippen LogP) is 2.47. The summed E-state index contributed by atoms with van der Waals surface area (Å²) in [4.78, 5) is 26.2. The van der Waals surface area contributed by atoms with Crippen LogP contribution in [-0.2, 0) is 9.53 Å². The van der Waals surface area contributed by atoms with Gasteiger partial charge < -0.3 is 15.0 Å². The Balaban J connectivity index is 1.66. The quantitative estimate of drug-likeness (QED) is 0.865. The van der Waals surface area contributed by atoms with Gasteiger partial charge in [-0.2, -0.15) is 0 Å². The average Bonchev–Trinajstić information content (AvgIpc) is 2.99. The van der Waals surface area contributed by atoms with E-state index in [2.05, 4.69) is 5.32 Å². The third-order valence-corrected chi connectivity index (χ3v) is 4.42. The molecule has 26 heavy (non-hydrogen) atoms. The highest BCUT2D eigenvalue weighted by atomic mass is 19.1. The Bertz CT molecular complexity index is 792. The fourth-order valence-electron chi connectivity index (χ4n) is 3.04. The molecule has 1 aliphatic rings. The maximum Gasteiger partial charge on any atom is 0.251 e. The predicted molar refractivity (Wildman–Crippen MR) is 96.2 cm³/mol. The van der Waals surface area contributed by atoms with Crippen LogP contribution in [0, 0.1) is 5.82 Å². The first-order valence-electron chi connectivity index (χ1n) is 8.50. The highest BCUT2D eigenvalue weighted by Gasteiger charge is 2.30. The number of carbonyl (C=O) groups excluding carboxylic acids is 2. The van der Waals surface area contributed by atoms with Crippen LogP contribution in [0.25, 0.3) is 11.1 Å². The number of carbonyl (C=O) groups is 2. The molecular weight excluding hydrogens is 335 g/mol. The molecule has 1 N–H and O–H groups in total. The van der Waals surface area contributed by atoms with Crippen LogP contribution in [0.2, 0.25) is 0 Å². The zero-order chi connectivity index (χ0) is 18.5. The van der Waals surface area contributed by atoms with Gasteiger partial charge in [-0.05, 0) is 35.4 Å². The standard InChI is InChI=1S/C20H21FN2O3/c1-26-10-9-23-13-18(12-19(23)24)22-20(25)16-4-2-3-15(11-16)14-5-7-17(21)8-6-14/h2-8,11,18H,9-10,12-13H2,1H3,(H,22,25)/t18-/m0/s1. The summed E-state index contributed by atoms with van der Waals surface area (Å²) in [5.41, 5.74) is 2.18. The normalized spacial score (nSPS) is 16.8. The van der Waals surface area contributed by atoms with Crippen LogP contribution in [0.1, 0.15) is 16.8 Å². The number of nitrogens with zero attached hydrogens (tertiary/aromatic N) is 1. The topological polar surface area (TPSA) is 58.6 Å². The van der Waals surface area contributed by atoms with Gasteiger partial charge in [-0.1, -0.05) is 24.3 Å². The van der Waals surface area contributed by atoms with Crippen molar-refractivity contribution in [2.24, 2.45) is 0 Å². The molecule has 136 valence electrons. The Hall–Kier alpha value is -2.73. The Kier molecular flexibility index (Phi) is 5.63. The molecule has 2 aromatic rings. The molecule has 3 rings (SSSR count). The van der Waals surface area contributed by atoms with Gasteiger partial charge in [0.1, 0.15) is 5.82 Å². The summed E-state index contributed by atoms with van der Waals surface area (Å²) in [6, 6.07) is 13.1. The minimum Gasteiger partial charge on any atom is -0.383 e. The van der Waals surface area contributed by atoms with Crippen LogP contribution < -0.4 is 5.32 Å². The summed E-state index contributed by atoms with van der Waals surface area (Å²) < 4.78 is 18.1. The summed E-state index contributed by atoms with van der Waals surface area (Å²) >= 11 is 0. The van der Waals surface area contributed by atoms with Crippen molar-refractivity contribution in [3.8, 4) is 11.1 Å². The third kappa shape index (κ3) is 4.26. The van der Waals surface area contributed by atoms with E-state index in [1.54, 1.807) is 42.3 Å². The van der Waals surface area contributed by atoms with Crippen LogP contribution >= 0.6 is 0 Å². The fourth-order valence-corrected chi connectivity index (χ4v) is 3.04. The molecule has 1 heterocycles. The third-order valence-electron chi connectivity index (χ3n) is 4.42. The zero-order valence-corrected chi connectivity index (χ0v) is 14.6. The fraction of sp³-hybridized carbons (Fsp3) is 0.300. The summed E-state index contributed by atoms with van der Waals surface area (Å²) in [6.07, 6.45) is 0.299. The number of ether oxygens (including phenoxy) is 1. The van der Waals surface area contributed by atoms with Gasteiger partial charge in [-0.15, -0.1) is 0 Å². The van der Waals surface area contributed by atoms with Crippen molar-refractivity contribution in [1.82, 2.24) is 10.2 Å². The Morgan fingerprint density at radius 1 is 1.23 bits per heavy atom. The van der Waals surface area contributed by atoms with Crippen molar-refractivity contribution < 1.29 is 18.7 Å². The highest BCUT2D eigenvalue weighted by molar-refractivity contribution is 5.96. The van der Waals surface area contributed by atoms with Crippen molar-refractivity contribution >= 4 is 11.8 Å². The van der Waals surface area contributed by atoms with Crippen LogP contribution in [0.15, 0.2) is 48.5 Å². The molecule has 5 nitrogen and oxygen atoms in total. The number of hydrogen-bond acceptors (Lipinski definition) is 3. The van der Waals surface area contributed by atoms with Gasteiger partial charge in [-0.3, -0.25) is 9.59 Å². The monoisotopic (exact) mass is 356 g/mol. The van der Waals surface area contributed by atoms with Gasteiger partial charge in [0.25, 0.3) is 5.91 Å². The van der Waals surface area contributed by atoms with E-state index in [-0.39, 0.29) is 23.7 Å². The smallest absolute Gasteiger partial charge is 0.251 e. The lowest BCUT2D eigenvalue weighted by Gasteiger charge is -2.16. The lowest BCUT2D eigenvalue weighted by molar-refractivity contribution is -0.128. The number of halogens is 1. The number of nitrogens with one attached hydrogen (secondary N) is 1. The Morgan fingerprint density at radius 2 is 2.00 bits per heavy atom. The summed E-state index contributed by atoms with van der Waals surface area (Å²) in [7, 11) is 1.59. The van der Waals surface area contributed by atoms with Gasteiger partial charge in [-0.25, -0.2) is 4.39 Å². The summed E-state index contributed by atoms with van der Waals surface area (Å²) in [5.74, 6) is -0.501. The molecule has 0 aliphatic carbocycles. The van der Waals surface area contributed by atoms with Crippen molar-refractivity contribution in [3.05, 3.63) is 59.9 Å². The Morgan fingerprint density at radius 3 is 2.73 bits per heavy atom. The van der Waals surface area contributed by atoms with Crippen molar-refractivity contribution in [1.29, 1.82) is 0 Å². The minimum atomic E-state index is -0.299. The molecule has 0 aromatic heterocycles. The van der Waals surface area contributed by atoms with Gasteiger partial charge in [0.05, 0.1) is 12.6 Å². The first kappa shape index (κ1) is 18.1. The second-order valence-corrected chi connectivity index (χ2v) is 6.29. The molecular formula is C20H21FN2O3. The average molecular weight is 356 g/mol. The maximum atomic E-state index is 13.1. The second-order valence-electron chi connectivity index (χ2n) is 6.29. The van der Waals surface area contributed by atoms with E-state index in [1.165, 1.54) is 12.1 Å². The zero-order valence-electron chi connectivity index (χ0n) is 14.6. The van der Waals surface area contributed by atoms with Crippen LogP contribution in [0.5, 0.6) is 0 Å². The molecule has 1 fully saturated rings. The first-order chi connectivity index (χ1) is 12.6. The first-order valence-corrected chi connectivity index (χ1v) is 8.50. The van der Waals surface area contributed by atoms with E-state index in [1.807, 2.05) is 6.07 Å². The van der Waals surface area contributed by atoms with Crippen LogP contribution in [0.4, 0.5) is 4.39 Å². The molecule has 1 atom stereocenters. The number of hydrogen-bond donors (Lipinski definition) is 1. The maximum absolute atomic E-state index is 13.1. The largest absolute Gasteiger partial charge is 0.383 e. The highest BCUT2D eigenvalue weighted by Crippen LogP contribution is 2.21. The molecule has 0 radical (unpaired) electrons. The number of rotatable bonds is 6. The minimum absolute atomic E-state index is 0.0208. The molecule has 6 heteroatoms. The summed E-state index contributed by atoms with van der Waals surface area (Å²) in [6.45, 7) is 1.50. The van der Waals surface area contributed by atoms with E-state index in [0.717, 1.165) is 11.1 Å². The number of likely N-dealkylation sites (tertiary alicyclic amines) is 1. The number of benzene rings is 2. The van der Waals surface area contributed by atoms with E-state index in [9.17, 15) is 14.0 Å². The molecule has 2 amide bonds. The molecule has 0 unspecified atom stereocenters. The summed E-state index contributed by atoms with van der Waals surface area (Å²) in [5, 5.41) is 2.92. The van der Waals surface area contributed by atoms with E-state index < -0.39 is 0 Å². The number of amides is 2. The lowest BCUT2D eigenvalue weighted by atomic mass is 10.0. The molecule has 0 spiro atoms.